The van der Waals surface area contributed by atoms with Crippen LogP contribution in [0.1, 0.15) is 20.3 Å². The average Bonchev–Trinajstić information content (AvgIpc) is 2.71. The van der Waals surface area contributed by atoms with E-state index < -0.39 is 23.5 Å². The van der Waals surface area contributed by atoms with Crippen LogP contribution in [0.4, 0.5) is 0 Å². The van der Waals surface area contributed by atoms with Gasteiger partial charge in [-0.25, -0.2) is 4.79 Å². The molecule has 30 heavy (non-hydrogen) atoms. The lowest BCUT2D eigenvalue weighted by molar-refractivity contribution is -0.308. The molecule has 0 saturated carbocycles. The standard InChI is InChI=1S/C23H23NO6/c1-14(2)10-19(23(27)28)24-21(25)13-29-16-8-9-17-18(15-6-4-3-5-7-15)12-22(26)30-20(17)11-16/h3-9,11-12,14,19H,10,13H2,1-2H3,(H,24,25)(H,27,28)/p-1/t19-/m1/s1. The molecule has 0 bridgehead atoms. The number of carbonyl (C=O) groups excluding carboxylic acids is 2. The van der Waals surface area contributed by atoms with Gasteiger partial charge in [-0.05, 0) is 35.6 Å². The monoisotopic (exact) mass is 408 g/mol. The van der Waals surface area contributed by atoms with Crippen LogP contribution in [-0.2, 0) is 9.59 Å². The molecular weight excluding hydrogens is 386 g/mol. The highest BCUT2D eigenvalue weighted by Crippen LogP contribution is 2.29. The molecule has 1 atom stereocenters. The predicted octanol–water partition coefficient (Wildman–Crippen LogP) is 2.12. The first-order valence-electron chi connectivity index (χ1n) is 9.60. The molecule has 0 unspecified atom stereocenters. The lowest BCUT2D eigenvalue weighted by Gasteiger charge is -2.21. The molecule has 2 aromatic carbocycles. The zero-order valence-corrected chi connectivity index (χ0v) is 16.7. The van der Waals surface area contributed by atoms with Gasteiger partial charge in [0.15, 0.2) is 6.61 Å². The maximum atomic E-state index is 12.1. The van der Waals surface area contributed by atoms with Crippen molar-refractivity contribution in [3.8, 4) is 16.9 Å². The number of fused-ring (bicyclic) bond motifs is 1. The van der Waals surface area contributed by atoms with Crippen molar-refractivity contribution in [2.45, 2.75) is 26.3 Å². The van der Waals surface area contributed by atoms with Crippen molar-refractivity contribution >= 4 is 22.8 Å². The van der Waals surface area contributed by atoms with Crippen LogP contribution >= 0.6 is 0 Å². The average molecular weight is 408 g/mol. The molecule has 7 heteroatoms. The highest BCUT2D eigenvalue weighted by molar-refractivity contribution is 5.93. The molecule has 3 aromatic rings. The number of carbonyl (C=O) groups is 2. The third-order valence-corrected chi connectivity index (χ3v) is 4.50. The molecule has 0 saturated heterocycles. The fourth-order valence-corrected chi connectivity index (χ4v) is 3.16. The molecule has 0 spiro atoms. The van der Waals surface area contributed by atoms with Gasteiger partial charge in [-0.2, -0.15) is 0 Å². The van der Waals surface area contributed by atoms with E-state index in [4.69, 9.17) is 9.15 Å². The third-order valence-electron chi connectivity index (χ3n) is 4.50. The Labute approximate surface area is 173 Å². The zero-order chi connectivity index (χ0) is 21.7. The van der Waals surface area contributed by atoms with Crippen molar-refractivity contribution in [3.63, 3.8) is 0 Å². The number of ether oxygens (including phenoxy) is 1. The fourth-order valence-electron chi connectivity index (χ4n) is 3.16. The first-order chi connectivity index (χ1) is 14.3. The van der Waals surface area contributed by atoms with E-state index in [-0.39, 0.29) is 18.9 Å². The molecule has 3 rings (SSSR count). The second kappa shape index (κ2) is 9.26. The van der Waals surface area contributed by atoms with Gasteiger partial charge in [0.2, 0.25) is 0 Å². The van der Waals surface area contributed by atoms with Gasteiger partial charge in [0.25, 0.3) is 5.91 Å². The van der Waals surface area contributed by atoms with Crippen molar-refractivity contribution in [1.29, 1.82) is 0 Å². The summed E-state index contributed by atoms with van der Waals surface area (Å²) in [6.45, 7) is 3.33. The molecule has 7 nitrogen and oxygen atoms in total. The Morgan fingerprint density at radius 2 is 1.83 bits per heavy atom. The molecule has 0 aliphatic carbocycles. The third kappa shape index (κ3) is 5.26. The number of hydrogen-bond donors (Lipinski definition) is 1. The molecule has 1 heterocycles. The maximum Gasteiger partial charge on any atom is 0.336 e. The Bertz CT molecular complexity index is 1100. The first kappa shape index (κ1) is 21.1. The number of amides is 1. The minimum absolute atomic E-state index is 0.0799. The van der Waals surface area contributed by atoms with E-state index in [1.165, 1.54) is 12.1 Å². The van der Waals surface area contributed by atoms with Gasteiger partial charge in [0.05, 0.1) is 12.0 Å². The van der Waals surface area contributed by atoms with Crippen LogP contribution in [0.15, 0.2) is 63.8 Å². The summed E-state index contributed by atoms with van der Waals surface area (Å²) in [6.07, 6.45) is 0.261. The van der Waals surface area contributed by atoms with E-state index in [0.29, 0.717) is 11.3 Å². The molecule has 0 fully saturated rings. The van der Waals surface area contributed by atoms with E-state index in [1.807, 2.05) is 44.2 Å². The molecule has 0 aliphatic rings. The van der Waals surface area contributed by atoms with Crippen molar-refractivity contribution in [1.82, 2.24) is 5.32 Å². The topological polar surface area (TPSA) is 109 Å². The summed E-state index contributed by atoms with van der Waals surface area (Å²) < 4.78 is 10.7. The van der Waals surface area contributed by atoms with E-state index in [1.54, 1.807) is 12.1 Å². The van der Waals surface area contributed by atoms with Gasteiger partial charge >= 0.3 is 5.63 Å². The lowest BCUT2D eigenvalue weighted by atomic mass is 10.0. The number of carboxylic acids is 1. The molecule has 156 valence electrons. The Morgan fingerprint density at radius 3 is 2.50 bits per heavy atom. The predicted molar refractivity (Wildman–Crippen MR) is 110 cm³/mol. The number of nitrogens with one attached hydrogen (secondary N) is 1. The van der Waals surface area contributed by atoms with E-state index in [2.05, 4.69) is 5.32 Å². The van der Waals surface area contributed by atoms with Gasteiger partial charge in [0.1, 0.15) is 11.3 Å². The summed E-state index contributed by atoms with van der Waals surface area (Å²) in [7, 11) is 0. The second-order valence-electron chi connectivity index (χ2n) is 7.36. The number of aliphatic carboxylic acids is 1. The van der Waals surface area contributed by atoms with E-state index in [0.717, 1.165) is 16.5 Å². The van der Waals surface area contributed by atoms with Crippen LogP contribution in [0.25, 0.3) is 22.1 Å². The van der Waals surface area contributed by atoms with E-state index >= 15 is 0 Å². The fraction of sp³-hybridized carbons (Fsp3) is 0.261. The number of rotatable bonds is 8. The quantitative estimate of drug-likeness (QED) is 0.572. The highest BCUT2D eigenvalue weighted by Gasteiger charge is 2.16. The Balaban J connectivity index is 1.76. The van der Waals surface area contributed by atoms with Crippen LogP contribution in [-0.4, -0.2) is 24.5 Å². The summed E-state index contributed by atoms with van der Waals surface area (Å²) in [5, 5.41) is 14.3. The molecule has 1 N–H and O–H groups in total. The Kier molecular flexibility index (Phi) is 6.51. The van der Waals surface area contributed by atoms with Crippen molar-refractivity contribution in [2.75, 3.05) is 6.61 Å². The normalized spacial score (nSPS) is 12.0. The summed E-state index contributed by atoms with van der Waals surface area (Å²) in [6, 6.07) is 14.7. The van der Waals surface area contributed by atoms with Crippen molar-refractivity contribution < 1.29 is 23.8 Å². The minimum Gasteiger partial charge on any atom is -0.548 e. The van der Waals surface area contributed by atoms with E-state index in [9.17, 15) is 19.5 Å². The molecule has 0 aliphatic heterocycles. The van der Waals surface area contributed by atoms with Gasteiger partial charge in [-0.15, -0.1) is 0 Å². The van der Waals surface area contributed by atoms with Gasteiger partial charge in [0, 0.05) is 17.5 Å². The number of hydrogen-bond acceptors (Lipinski definition) is 6. The minimum atomic E-state index is -1.34. The van der Waals surface area contributed by atoms with Gasteiger partial charge < -0.3 is 24.4 Å². The molecular formula is C23H22NO6-. The first-order valence-corrected chi connectivity index (χ1v) is 9.60. The smallest absolute Gasteiger partial charge is 0.336 e. The number of benzene rings is 2. The SMILES string of the molecule is CC(C)C[C@@H](NC(=O)COc1ccc2c(-c3ccccc3)cc(=O)oc2c1)C(=O)[O-]. The molecule has 0 radical (unpaired) electrons. The van der Waals surface area contributed by atoms with Crippen molar-refractivity contribution in [2.24, 2.45) is 5.92 Å². The number of carboxylic acid groups (broad SMARTS) is 1. The molecule has 1 amide bonds. The lowest BCUT2D eigenvalue weighted by Crippen LogP contribution is -2.49. The Hall–Kier alpha value is -3.61. The second-order valence-corrected chi connectivity index (χ2v) is 7.36. The van der Waals surface area contributed by atoms with Crippen LogP contribution in [0.3, 0.4) is 0 Å². The van der Waals surface area contributed by atoms with Gasteiger partial charge in [-0.3, -0.25) is 4.79 Å². The Morgan fingerprint density at radius 1 is 1.10 bits per heavy atom. The maximum absolute atomic E-state index is 12.1. The highest BCUT2D eigenvalue weighted by atomic mass is 16.5. The van der Waals surface area contributed by atoms with Crippen LogP contribution in [0.2, 0.25) is 0 Å². The summed E-state index contributed by atoms with van der Waals surface area (Å²) >= 11 is 0. The van der Waals surface area contributed by atoms with Gasteiger partial charge in [-0.1, -0.05) is 44.2 Å². The summed E-state index contributed by atoms with van der Waals surface area (Å²) in [5.74, 6) is -1.52. The van der Waals surface area contributed by atoms with Crippen LogP contribution in [0.5, 0.6) is 5.75 Å². The van der Waals surface area contributed by atoms with Crippen molar-refractivity contribution in [3.05, 3.63) is 65.0 Å². The van der Waals surface area contributed by atoms with Crippen LogP contribution < -0.4 is 20.8 Å². The summed E-state index contributed by atoms with van der Waals surface area (Å²) in [4.78, 5) is 35.2. The zero-order valence-electron chi connectivity index (χ0n) is 16.7. The summed E-state index contributed by atoms with van der Waals surface area (Å²) in [5.41, 5.74) is 1.44. The largest absolute Gasteiger partial charge is 0.548 e. The molecule has 1 aromatic heterocycles. The van der Waals surface area contributed by atoms with Crippen LogP contribution in [0, 0.1) is 5.92 Å².